The molecule has 1 rings (SSSR count). The molecule has 0 atom stereocenters. The van der Waals surface area contributed by atoms with Crippen LogP contribution in [0.5, 0.6) is 0 Å². The van der Waals surface area contributed by atoms with Crippen LogP contribution in [0, 0.1) is 0 Å². The zero-order valence-electron chi connectivity index (χ0n) is 8.63. The Morgan fingerprint density at radius 3 is 2.75 bits per heavy atom. The van der Waals surface area contributed by atoms with Crippen molar-refractivity contribution in [2.24, 2.45) is 0 Å². The number of hydrogen-bond acceptors (Lipinski definition) is 3. The number of rotatable bonds is 6. The van der Waals surface area contributed by atoms with Gasteiger partial charge in [-0.3, -0.25) is 0 Å². The van der Waals surface area contributed by atoms with Crippen molar-refractivity contribution in [2.45, 2.75) is 17.9 Å². The molecule has 0 unspecified atom stereocenters. The molecular formula is C8H13F2N3O2S. The Kier molecular flexibility index (Phi) is 4.39. The largest absolute Gasteiger partial charge is 0.363 e. The zero-order valence-corrected chi connectivity index (χ0v) is 9.44. The van der Waals surface area contributed by atoms with Gasteiger partial charge < -0.3 is 10.3 Å². The number of halogens is 2. The Balaban J connectivity index is 2.74. The Morgan fingerprint density at radius 2 is 2.19 bits per heavy atom. The fourth-order valence-electron chi connectivity index (χ4n) is 1.12. The minimum Gasteiger partial charge on any atom is -0.363 e. The molecule has 1 aromatic heterocycles. The van der Waals surface area contributed by atoms with E-state index in [0.717, 1.165) is 0 Å². The van der Waals surface area contributed by atoms with Gasteiger partial charge in [-0.1, -0.05) is 0 Å². The van der Waals surface area contributed by atoms with E-state index in [-0.39, 0.29) is 4.90 Å². The van der Waals surface area contributed by atoms with Gasteiger partial charge in [0, 0.05) is 18.4 Å². The predicted molar refractivity (Wildman–Crippen MR) is 54.7 cm³/mol. The Hall–Kier alpha value is -0.990. The second kappa shape index (κ2) is 5.37. The summed E-state index contributed by atoms with van der Waals surface area (Å²) in [5.41, 5.74) is 0.667. The lowest BCUT2D eigenvalue weighted by atomic mass is 10.4. The van der Waals surface area contributed by atoms with Crippen molar-refractivity contribution in [3.8, 4) is 0 Å². The topological polar surface area (TPSA) is 74.0 Å². The van der Waals surface area contributed by atoms with Gasteiger partial charge in [0.15, 0.2) is 0 Å². The van der Waals surface area contributed by atoms with E-state index < -0.39 is 23.0 Å². The molecule has 0 aliphatic heterocycles. The van der Waals surface area contributed by atoms with Crippen LogP contribution in [0.1, 0.15) is 5.69 Å². The average molecular weight is 253 g/mol. The van der Waals surface area contributed by atoms with E-state index in [4.69, 9.17) is 0 Å². The molecule has 16 heavy (non-hydrogen) atoms. The third-order valence-electron chi connectivity index (χ3n) is 1.82. The molecule has 0 amide bonds. The number of alkyl halides is 2. The summed E-state index contributed by atoms with van der Waals surface area (Å²) >= 11 is 0. The smallest absolute Gasteiger partial charge is 0.251 e. The van der Waals surface area contributed by atoms with Crippen LogP contribution in [0.15, 0.2) is 17.2 Å². The van der Waals surface area contributed by atoms with Gasteiger partial charge in [-0.25, -0.2) is 21.9 Å². The van der Waals surface area contributed by atoms with Crippen molar-refractivity contribution < 1.29 is 17.2 Å². The molecule has 0 aromatic carbocycles. The number of aromatic amines is 1. The second-order valence-electron chi connectivity index (χ2n) is 3.13. The van der Waals surface area contributed by atoms with E-state index in [0.29, 0.717) is 12.2 Å². The van der Waals surface area contributed by atoms with Gasteiger partial charge in [0.2, 0.25) is 10.0 Å². The molecule has 0 aliphatic carbocycles. The van der Waals surface area contributed by atoms with E-state index in [2.05, 4.69) is 10.3 Å². The lowest BCUT2D eigenvalue weighted by molar-refractivity contribution is 0.153. The molecular weight excluding hydrogens is 240 g/mol. The first-order valence-corrected chi connectivity index (χ1v) is 6.03. The molecule has 0 saturated heterocycles. The molecule has 1 aromatic rings. The van der Waals surface area contributed by atoms with Crippen LogP contribution in [0.4, 0.5) is 8.78 Å². The minimum atomic E-state index is -3.84. The van der Waals surface area contributed by atoms with Crippen LogP contribution in [0.2, 0.25) is 0 Å². The molecule has 3 N–H and O–H groups in total. The lowest BCUT2D eigenvalue weighted by Gasteiger charge is -2.03. The Labute approximate surface area is 92.3 Å². The van der Waals surface area contributed by atoms with Crippen LogP contribution in [0.25, 0.3) is 0 Å². The molecule has 0 fully saturated rings. The summed E-state index contributed by atoms with van der Waals surface area (Å²) in [5.74, 6) is 0. The van der Waals surface area contributed by atoms with Gasteiger partial charge in [-0.2, -0.15) is 0 Å². The average Bonchev–Trinajstić information content (AvgIpc) is 2.65. The van der Waals surface area contributed by atoms with E-state index >= 15 is 0 Å². The third kappa shape index (κ3) is 3.54. The summed E-state index contributed by atoms with van der Waals surface area (Å²) in [6.07, 6.45) is -1.44. The van der Waals surface area contributed by atoms with Gasteiger partial charge in [-0.05, 0) is 13.1 Å². The monoisotopic (exact) mass is 253 g/mol. The number of sulfonamides is 1. The number of hydrogen-bond donors (Lipinski definition) is 3. The van der Waals surface area contributed by atoms with Crippen LogP contribution in [-0.2, 0) is 16.6 Å². The molecule has 0 aliphatic rings. The summed E-state index contributed by atoms with van der Waals surface area (Å²) in [6, 6.07) is 1.39. The first-order chi connectivity index (χ1) is 7.45. The standard InChI is InChI=1S/C8H13F2N3O2S/c1-11-3-6-2-7(4-12-6)16(14,15)13-5-8(9)10/h2,4,8,11-13H,3,5H2,1H3. The highest BCUT2D eigenvalue weighted by Crippen LogP contribution is 2.10. The maximum Gasteiger partial charge on any atom is 0.251 e. The second-order valence-corrected chi connectivity index (χ2v) is 4.90. The number of H-pyrrole nitrogens is 1. The van der Waals surface area contributed by atoms with Gasteiger partial charge in [-0.15, -0.1) is 0 Å². The predicted octanol–water partition coefficient (Wildman–Crippen LogP) is 0.277. The third-order valence-corrected chi connectivity index (χ3v) is 3.22. The van der Waals surface area contributed by atoms with Crippen LogP contribution >= 0.6 is 0 Å². The summed E-state index contributed by atoms with van der Waals surface area (Å²) in [5, 5.41) is 2.83. The van der Waals surface area contributed by atoms with Crippen molar-refractivity contribution in [2.75, 3.05) is 13.6 Å². The van der Waals surface area contributed by atoms with Gasteiger partial charge in [0.1, 0.15) is 0 Å². The Morgan fingerprint density at radius 1 is 1.50 bits per heavy atom. The highest BCUT2D eigenvalue weighted by molar-refractivity contribution is 7.89. The summed E-state index contributed by atoms with van der Waals surface area (Å²) in [7, 11) is -2.13. The van der Waals surface area contributed by atoms with Crippen molar-refractivity contribution in [1.29, 1.82) is 0 Å². The first kappa shape index (κ1) is 13.1. The number of aromatic nitrogens is 1. The van der Waals surface area contributed by atoms with Crippen LogP contribution in [0.3, 0.4) is 0 Å². The van der Waals surface area contributed by atoms with E-state index in [1.54, 1.807) is 7.05 Å². The fraction of sp³-hybridized carbons (Fsp3) is 0.500. The van der Waals surface area contributed by atoms with E-state index in [1.807, 2.05) is 4.72 Å². The van der Waals surface area contributed by atoms with Crippen LogP contribution < -0.4 is 10.0 Å². The van der Waals surface area contributed by atoms with E-state index in [9.17, 15) is 17.2 Å². The normalized spacial score (nSPS) is 12.2. The van der Waals surface area contributed by atoms with Gasteiger partial charge in [0.25, 0.3) is 6.43 Å². The quantitative estimate of drug-likeness (QED) is 0.681. The molecule has 0 spiro atoms. The summed E-state index contributed by atoms with van der Waals surface area (Å²) in [6.45, 7) is -0.404. The fourth-order valence-corrected chi connectivity index (χ4v) is 2.15. The Bertz CT molecular complexity index is 430. The van der Waals surface area contributed by atoms with Crippen molar-refractivity contribution in [3.63, 3.8) is 0 Å². The molecule has 0 radical (unpaired) electrons. The molecule has 0 saturated carbocycles. The highest BCUT2D eigenvalue weighted by atomic mass is 32.2. The van der Waals surface area contributed by atoms with Crippen LogP contribution in [-0.4, -0.2) is 33.4 Å². The summed E-state index contributed by atoms with van der Waals surface area (Å²) < 4.78 is 48.5. The SMILES string of the molecule is CNCc1cc(S(=O)(=O)NCC(F)F)c[nH]1. The first-order valence-electron chi connectivity index (χ1n) is 4.55. The van der Waals surface area contributed by atoms with Crippen molar-refractivity contribution in [3.05, 3.63) is 18.0 Å². The zero-order chi connectivity index (χ0) is 12.2. The molecule has 1 heterocycles. The maximum absolute atomic E-state index is 11.9. The molecule has 0 bridgehead atoms. The lowest BCUT2D eigenvalue weighted by Crippen LogP contribution is -2.28. The van der Waals surface area contributed by atoms with Crippen molar-refractivity contribution in [1.82, 2.24) is 15.0 Å². The van der Waals surface area contributed by atoms with E-state index in [1.165, 1.54) is 12.3 Å². The molecule has 8 heteroatoms. The molecule has 92 valence electrons. The van der Waals surface area contributed by atoms with Gasteiger partial charge >= 0.3 is 0 Å². The van der Waals surface area contributed by atoms with Gasteiger partial charge in [0.05, 0.1) is 11.4 Å². The molecule has 5 nitrogen and oxygen atoms in total. The minimum absolute atomic E-state index is 0.0431. The highest BCUT2D eigenvalue weighted by Gasteiger charge is 2.17. The summed E-state index contributed by atoms with van der Waals surface area (Å²) in [4.78, 5) is 2.69. The number of nitrogens with one attached hydrogen (secondary N) is 3. The maximum atomic E-state index is 11.9. The van der Waals surface area contributed by atoms with Crippen molar-refractivity contribution >= 4 is 10.0 Å².